The molecule has 0 amide bonds. The van der Waals surface area contributed by atoms with Crippen molar-refractivity contribution < 1.29 is 9.15 Å². The van der Waals surface area contributed by atoms with Crippen LogP contribution in [0.3, 0.4) is 0 Å². The number of hydrogen-bond acceptors (Lipinski definition) is 3. The van der Waals surface area contributed by atoms with Gasteiger partial charge in [-0.05, 0) is 47.4 Å². The highest BCUT2D eigenvalue weighted by Gasteiger charge is 2.27. The van der Waals surface area contributed by atoms with Gasteiger partial charge in [-0.15, -0.1) is 0 Å². The van der Waals surface area contributed by atoms with Gasteiger partial charge in [0.1, 0.15) is 11.3 Å². The minimum Gasteiger partial charge on any atom is -0.496 e. The molecule has 0 spiro atoms. The largest absolute Gasteiger partial charge is 0.496 e. The number of ether oxygens (including phenoxy) is 1. The maximum Gasteiger partial charge on any atom is 0.148 e. The predicted molar refractivity (Wildman–Crippen MR) is 70.6 cm³/mol. The molecule has 0 saturated carbocycles. The van der Waals surface area contributed by atoms with Crippen molar-refractivity contribution in [2.45, 2.75) is 18.9 Å². The van der Waals surface area contributed by atoms with Crippen molar-refractivity contribution in [2.24, 2.45) is 0 Å². The van der Waals surface area contributed by atoms with Crippen LogP contribution in [0, 0.1) is 0 Å². The molecule has 0 fully saturated rings. The summed E-state index contributed by atoms with van der Waals surface area (Å²) in [6.07, 6.45) is 3.99. The van der Waals surface area contributed by atoms with Crippen molar-refractivity contribution in [1.29, 1.82) is 0 Å². The molecule has 0 radical (unpaired) electrons. The summed E-state index contributed by atoms with van der Waals surface area (Å²) in [6, 6.07) is 2.33. The van der Waals surface area contributed by atoms with E-state index in [0.29, 0.717) is 6.04 Å². The van der Waals surface area contributed by atoms with Crippen molar-refractivity contribution >= 4 is 26.9 Å². The summed E-state index contributed by atoms with van der Waals surface area (Å²) in [4.78, 5) is 0. The van der Waals surface area contributed by atoms with Gasteiger partial charge in [0, 0.05) is 17.0 Å². The molecular weight excluding hydrogens is 282 g/mol. The fourth-order valence-corrected chi connectivity index (χ4v) is 3.18. The molecule has 4 heteroatoms. The SMILES string of the molecule is CNC1CCc2coc3c(Br)cc(OC)c1c23. The molecule has 1 aromatic heterocycles. The summed E-state index contributed by atoms with van der Waals surface area (Å²) in [5.41, 5.74) is 3.43. The van der Waals surface area contributed by atoms with Crippen LogP contribution >= 0.6 is 15.9 Å². The number of nitrogens with one attached hydrogen (secondary N) is 1. The van der Waals surface area contributed by atoms with Crippen LogP contribution in [-0.2, 0) is 6.42 Å². The van der Waals surface area contributed by atoms with Crippen LogP contribution in [0.25, 0.3) is 11.0 Å². The lowest BCUT2D eigenvalue weighted by Crippen LogP contribution is -2.21. The Balaban J connectivity index is 2.39. The lowest BCUT2D eigenvalue weighted by molar-refractivity contribution is 0.398. The molecule has 2 aromatic rings. The van der Waals surface area contributed by atoms with Crippen molar-refractivity contribution in [3.63, 3.8) is 0 Å². The Hall–Kier alpha value is -1.00. The molecule has 3 rings (SSSR count). The van der Waals surface area contributed by atoms with E-state index in [1.54, 1.807) is 7.11 Å². The van der Waals surface area contributed by atoms with E-state index in [-0.39, 0.29) is 0 Å². The predicted octanol–water partition coefficient (Wildman–Crippen LogP) is 3.41. The standard InChI is InChI=1S/C13H14BrNO2/c1-15-9-4-3-7-6-17-13-8(14)5-10(16-2)12(9)11(7)13/h5-6,9,15H,3-4H2,1-2H3. The number of furan rings is 1. The zero-order valence-electron chi connectivity index (χ0n) is 9.84. The first-order valence-electron chi connectivity index (χ1n) is 5.70. The highest BCUT2D eigenvalue weighted by Crippen LogP contribution is 2.44. The Morgan fingerprint density at radius 3 is 3.06 bits per heavy atom. The van der Waals surface area contributed by atoms with Crippen molar-refractivity contribution in [3.8, 4) is 5.75 Å². The summed E-state index contributed by atoms with van der Waals surface area (Å²) in [5, 5.41) is 4.56. The second-order valence-corrected chi connectivity index (χ2v) is 5.17. The molecule has 1 N–H and O–H groups in total. The van der Waals surface area contributed by atoms with Gasteiger partial charge < -0.3 is 14.5 Å². The molecule has 1 atom stereocenters. The Bertz CT molecular complexity index is 576. The van der Waals surface area contributed by atoms with Gasteiger partial charge in [-0.2, -0.15) is 0 Å². The van der Waals surface area contributed by atoms with E-state index in [2.05, 4.69) is 21.2 Å². The van der Waals surface area contributed by atoms with Crippen LogP contribution in [0.2, 0.25) is 0 Å². The first-order chi connectivity index (χ1) is 8.26. The number of methoxy groups -OCH3 is 1. The lowest BCUT2D eigenvalue weighted by atomic mass is 9.88. The summed E-state index contributed by atoms with van der Waals surface area (Å²) in [6.45, 7) is 0. The monoisotopic (exact) mass is 295 g/mol. The number of aryl methyl sites for hydroxylation is 1. The van der Waals surface area contributed by atoms with Crippen LogP contribution in [-0.4, -0.2) is 14.2 Å². The molecule has 1 aliphatic carbocycles. The molecule has 3 nitrogen and oxygen atoms in total. The molecule has 1 unspecified atom stereocenters. The van der Waals surface area contributed by atoms with E-state index in [1.165, 1.54) is 16.5 Å². The maximum absolute atomic E-state index is 5.65. The van der Waals surface area contributed by atoms with Gasteiger partial charge in [-0.1, -0.05) is 0 Å². The zero-order valence-corrected chi connectivity index (χ0v) is 11.4. The maximum atomic E-state index is 5.65. The van der Waals surface area contributed by atoms with E-state index < -0.39 is 0 Å². The van der Waals surface area contributed by atoms with E-state index in [4.69, 9.17) is 9.15 Å². The molecule has 90 valence electrons. The van der Waals surface area contributed by atoms with E-state index in [0.717, 1.165) is 28.6 Å². The summed E-state index contributed by atoms with van der Waals surface area (Å²) >= 11 is 3.54. The van der Waals surface area contributed by atoms with E-state index in [1.807, 2.05) is 19.4 Å². The van der Waals surface area contributed by atoms with Crippen molar-refractivity contribution in [2.75, 3.05) is 14.2 Å². The van der Waals surface area contributed by atoms with Gasteiger partial charge in [-0.3, -0.25) is 0 Å². The van der Waals surface area contributed by atoms with Crippen LogP contribution in [0.15, 0.2) is 21.2 Å². The van der Waals surface area contributed by atoms with E-state index in [9.17, 15) is 0 Å². The fraction of sp³-hybridized carbons (Fsp3) is 0.385. The normalized spacial score (nSPS) is 18.6. The van der Waals surface area contributed by atoms with Gasteiger partial charge >= 0.3 is 0 Å². The van der Waals surface area contributed by atoms with Gasteiger partial charge in [0.2, 0.25) is 0 Å². The summed E-state index contributed by atoms with van der Waals surface area (Å²) in [7, 11) is 3.70. The fourth-order valence-electron chi connectivity index (χ4n) is 2.68. The molecule has 1 heterocycles. The average Bonchev–Trinajstić information content (AvgIpc) is 2.78. The third-order valence-electron chi connectivity index (χ3n) is 3.50. The number of halogens is 1. The lowest BCUT2D eigenvalue weighted by Gasteiger charge is -2.24. The molecule has 1 aliphatic rings. The highest BCUT2D eigenvalue weighted by molar-refractivity contribution is 9.10. The Kier molecular flexibility index (Phi) is 2.64. The molecule has 1 aromatic carbocycles. The van der Waals surface area contributed by atoms with Gasteiger partial charge in [0.05, 0.1) is 17.8 Å². The Morgan fingerprint density at radius 1 is 1.53 bits per heavy atom. The Labute approximate surface area is 108 Å². The van der Waals surface area contributed by atoms with Gasteiger partial charge in [0.15, 0.2) is 0 Å². The number of rotatable bonds is 2. The third kappa shape index (κ3) is 1.51. The summed E-state index contributed by atoms with van der Waals surface area (Å²) < 4.78 is 12.1. The second-order valence-electron chi connectivity index (χ2n) is 4.32. The molecule has 0 saturated heterocycles. The smallest absolute Gasteiger partial charge is 0.148 e. The van der Waals surface area contributed by atoms with Crippen LogP contribution in [0.5, 0.6) is 5.75 Å². The zero-order chi connectivity index (χ0) is 12.0. The number of benzene rings is 1. The van der Waals surface area contributed by atoms with Crippen LogP contribution < -0.4 is 10.1 Å². The average molecular weight is 296 g/mol. The number of hydrogen-bond donors (Lipinski definition) is 1. The topological polar surface area (TPSA) is 34.4 Å². The Morgan fingerprint density at radius 2 is 2.35 bits per heavy atom. The minimum absolute atomic E-state index is 0.339. The van der Waals surface area contributed by atoms with Crippen LogP contribution in [0.1, 0.15) is 23.6 Å². The van der Waals surface area contributed by atoms with Gasteiger partial charge in [-0.25, -0.2) is 0 Å². The van der Waals surface area contributed by atoms with Crippen LogP contribution in [0.4, 0.5) is 0 Å². The first-order valence-corrected chi connectivity index (χ1v) is 6.49. The highest BCUT2D eigenvalue weighted by atomic mass is 79.9. The van der Waals surface area contributed by atoms with E-state index >= 15 is 0 Å². The third-order valence-corrected chi connectivity index (χ3v) is 4.08. The molecule has 17 heavy (non-hydrogen) atoms. The van der Waals surface area contributed by atoms with Crippen molar-refractivity contribution in [3.05, 3.63) is 27.9 Å². The minimum atomic E-state index is 0.339. The molecular formula is C13H14BrNO2. The first kappa shape index (κ1) is 11.1. The summed E-state index contributed by atoms with van der Waals surface area (Å²) in [5.74, 6) is 0.922. The molecule has 0 aliphatic heterocycles. The second kappa shape index (κ2) is 4.03. The molecule has 0 bridgehead atoms. The quantitative estimate of drug-likeness (QED) is 0.922. The van der Waals surface area contributed by atoms with Crippen molar-refractivity contribution in [1.82, 2.24) is 5.32 Å². The van der Waals surface area contributed by atoms with Gasteiger partial charge in [0.25, 0.3) is 0 Å².